The van der Waals surface area contributed by atoms with Gasteiger partial charge in [-0.2, -0.15) is 0 Å². The molecule has 2 aliphatic rings. The molecular formula is C18H25ClN2O2. The van der Waals surface area contributed by atoms with Crippen LogP contribution in [-0.2, 0) is 11.3 Å². The minimum absolute atomic E-state index is 0.267. The van der Waals surface area contributed by atoms with Crippen molar-refractivity contribution in [2.45, 2.75) is 32.7 Å². The van der Waals surface area contributed by atoms with Crippen LogP contribution in [0.2, 0.25) is 5.02 Å². The molecule has 0 aromatic heterocycles. The van der Waals surface area contributed by atoms with Crippen molar-refractivity contribution in [3.05, 3.63) is 28.8 Å². The standard InChI is InChI=1S/C18H25ClN2O2/c1-13-9-14(18(22)23)11-20(10-13)12-15-16(19)5-4-6-17(15)21-7-2-3-8-21/h4-6,13-14H,2-3,7-12H2,1H3,(H,22,23). The molecule has 0 bridgehead atoms. The molecule has 0 radical (unpaired) electrons. The van der Waals surface area contributed by atoms with Crippen molar-refractivity contribution in [2.24, 2.45) is 11.8 Å². The third-order valence-corrected chi connectivity index (χ3v) is 5.36. The molecule has 5 heteroatoms. The molecular weight excluding hydrogens is 312 g/mol. The number of piperidine rings is 1. The Hall–Kier alpha value is -1.26. The SMILES string of the molecule is CC1CC(C(=O)O)CN(Cc2c(Cl)cccc2N2CCCC2)C1. The van der Waals surface area contributed by atoms with Crippen molar-refractivity contribution in [3.8, 4) is 0 Å². The smallest absolute Gasteiger partial charge is 0.307 e. The number of carboxylic acid groups (broad SMARTS) is 1. The van der Waals surface area contributed by atoms with Gasteiger partial charge in [-0.3, -0.25) is 9.69 Å². The number of nitrogens with zero attached hydrogens (tertiary/aromatic N) is 2. The van der Waals surface area contributed by atoms with Gasteiger partial charge in [0.15, 0.2) is 0 Å². The Kier molecular flexibility index (Phi) is 5.12. The van der Waals surface area contributed by atoms with E-state index in [0.29, 0.717) is 12.5 Å². The predicted molar refractivity (Wildman–Crippen MR) is 93.1 cm³/mol. The fourth-order valence-electron chi connectivity index (χ4n) is 3.95. The normalized spacial score (nSPS) is 25.7. The van der Waals surface area contributed by atoms with Crippen LogP contribution >= 0.6 is 11.6 Å². The fraction of sp³-hybridized carbons (Fsp3) is 0.611. The third kappa shape index (κ3) is 3.81. The first kappa shape index (κ1) is 16.6. The maximum atomic E-state index is 11.4. The van der Waals surface area contributed by atoms with E-state index >= 15 is 0 Å². The summed E-state index contributed by atoms with van der Waals surface area (Å²) in [5.74, 6) is -0.542. The highest BCUT2D eigenvalue weighted by molar-refractivity contribution is 6.31. The number of aliphatic carboxylic acids is 1. The maximum Gasteiger partial charge on any atom is 0.307 e. The second-order valence-corrected chi connectivity index (χ2v) is 7.41. The van der Waals surface area contributed by atoms with Gasteiger partial charge in [-0.1, -0.05) is 24.6 Å². The highest BCUT2D eigenvalue weighted by Gasteiger charge is 2.30. The molecule has 1 aromatic rings. The number of carbonyl (C=O) groups is 1. The van der Waals surface area contributed by atoms with E-state index < -0.39 is 5.97 Å². The van der Waals surface area contributed by atoms with E-state index in [2.05, 4.69) is 22.8 Å². The second-order valence-electron chi connectivity index (χ2n) is 7.00. The minimum atomic E-state index is -0.680. The molecule has 2 fully saturated rings. The molecule has 1 aromatic carbocycles. The lowest BCUT2D eigenvalue weighted by Gasteiger charge is -2.35. The van der Waals surface area contributed by atoms with Gasteiger partial charge in [-0.05, 0) is 37.3 Å². The van der Waals surface area contributed by atoms with Gasteiger partial charge in [0.05, 0.1) is 5.92 Å². The van der Waals surface area contributed by atoms with Gasteiger partial charge >= 0.3 is 5.97 Å². The molecule has 3 rings (SSSR count). The van der Waals surface area contributed by atoms with Gasteiger partial charge < -0.3 is 10.0 Å². The van der Waals surface area contributed by atoms with Crippen LogP contribution in [0.5, 0.6) is 0 Å². The molecule has 2 atom stereocenters. The molecule has 23 heavy (non-hydrogen) atoms. The first-order chi connectivity index (χ1) is 11.0. The van der Waals surface area contributed by atoms with Crippen molar-refractivity contribution in [2.75, 3.05) is 31.1 Å². The average Bonchev–Trinajstić information content (AvgIpc) is 3.03. The highest BCUT2D eigenvalue weighted by atomic mass is 35.5. The van der Waals surface area contributed by atoms with Crippen molar-refractivity contribution in [3.63, 3.8) is 0 Å². The molecule has 0 amide bonds. The van der Waals surface area contributed by atoms with E-state index in [4.69, 9.17) is 11.6 Å². The van der Waals surface area contributed by atoms with Crippen LogP contribution in [0.3, 0.4) is 0 Å². The molecule has 0 spiro atoms. The summed E-state index contributed by atoms with van der Waals surface area (Å²) in [4.78, 5) is 16.0. The van der Waals surface area contributed by atoms with Crippen LogP contribution < -0.4 is 4.90 Å². The number of rotatable bonds is 4. The molecule has 4 nitrogen and oxygen atoms in total. The zero-order valence-corrected chi connectivity index (χ0v) is 14.4. The number of hydrogen-bond donors (Lipinski definition) is 1. The number of halogens is 1. The maximum absolute atomic E-state index is 11.4. The minimum Gasteiger partial charge on any atom is -0.481 e. The lowest BCUT2D eigenvalue weighted by molar-refractivity contribution is -0.144. The molecule has 126 valence electrons. The topological polar surface area (TPSA) is 43.8 Å². The van der Waals surface area contributed by atoms with E-state index in [1.165, 1.54) is 18.5 Å². The first-order valence-corrected chi connectivity index (χ1v) is 8.90. The molecule has 0 saturated carbocycles. The quantitative estimate of drug-likeness (QED) is 0.914. The molecule has 2 heterocycles. The zero-order chi connectivity index (χ0) is 16.4. The van der Waals surface area contributed by atoms with Crippen molar-refractivity contribution in [1.82, 2.24) is 4.90 Å². The van der Waals surface area contributed by atoms with Gasteiger partial charge in [0.2, 0.25) is 0 Å². The summed E-state index contributed by atoms with van der Waals surface area (Å²) in [7, 11) is 0. The summed E-state index contributed by atoms with van der Waals surface area (Å²) in [6.45, 7) is 6.59. The van der Waals surface area contributed by atoms with Crippen LogP contribution in [0.1, 0.15) is 31.7 Å². The fourth-order valence-corrected chi connectivity index (χ4v) is 4.18. The van der Waals surface area contributed by atoms with E-state index in [1.54, 1.807) is 0 Å². The monoisotopic (exact) mass is 336 g/mol. The molecule has 1 N–H and O–H groups in total. The van der Waals surface area contributed by atoms with E-state index in [0.717, 1.165) is 43.2 Å². The van der Waals surface area contributed by atoms with E-state index in [-0.39, 0.29) is 5.92 Å². The number of benzene rings is 1. The summed E-state index contributed by atoms with van der Waals surface area (Å²) in [6.07, 6.45) is 3.23. The molecule has 0 aliphatic carbocycles. The van der Waals surface area contributed by atoms with Gasteiger partial charge in [0.25, 0.3) is 0 Å². The Bertz CT molecular complexity index is 572. The summed E-state index contributed by atoms with van der Waals surface area (Å²) in [6, 6.07) is 6.10. The number of carboxylic acids is 1. The van der Waals surface area contributed by atoms with Gasteiger partial charge in [-0.25, -0.2) is 0 Å². The second kappa shape index (κ2) is 7.10. The van der Waals surface area contributed by atoms with Crippen molar-refractivity contribution >= 4 is 23.3 Å². The Morgan fingerprint density at radius 3 is 2.74 bits per heavy atom. The zero-order valence-electron chi connectivity index (χ0n) is 13.7. The Labute approximate surface area is 143 Å². The lowest BCUT2D eigenvalue weighted by atomic mass is 9.90. The Balaban J connectivity index is 1.80. The van der Waals surface area contributed by atoms with Crippen LogP contribution in [0.15, 0.2) is 18.2 Å². The average molecular weight is 337 g/mol. The van der Waals surface area contributed by atoms with Crippen LogP contribution in [-0.4, -0.2) is 42.2 Å². The summed E-state index contributed by atoms with van der Waals surface area (Å²) < 4.78 is 0. The largest absolute Gasteiger partial charge is 0.481 e. The van der Waals surface area contributed by atoms with Crippen molar-refractivity contribution in [1.29, 1.82) is 0 Å². The molecule has 2 saturated heterocycles. The van der Waals surface area contributed by atoms with Gasteiger partial charge in [0.1, 0.15) is 0 Å². The lowest BCUT2D eigenvalue weighted by Crippen LogP contribution is -2.42. The van der Waals surface area contributed by atoms with Crippen LogP contribution in [0.4, 0.5) is 5.69 Å². The Morgan fingerprint density at radius 2 is 2.04 bits per heavy atom. The van der Waals surface area contributed by atoms with Gasteiger partial charge in [0, 0.05) is 49.0 Å². The van der Waals surface area contributed by atoms with E-state index in [1.807, 2.05) is 12.1 Å². The third-order valence-electron chi connectivity index (χ3n) is 5.01. The summed E-state index contributed by atoms with van der Waals surface area (Å²) >= 11 is 6.49. The van der Waals surface area contributed by atoms with Gasteiger partial charge in [-0.15, -0.1) is 0 Å². The Morgan fingerprint density at radius 1 is 1.30 bits per heavy atom. The molecule has 2 unspecified atom stereocenters. The summed E-state index contributed by atoms with van der Waals surface area (Å²) in [5.41, 5.74) is 2.37. The summed E-state index contributed by atoms with van der Waals surface area (Å²) in [5, 5.41) is 10.2. The highest BCUT2D eigenvalue weighted by Crippen LogP contribution is 2.33. The number of likely N-dealkylation sites (tertiary alicyclic amines) is 1. The van der Waals surface area contributed by atoms with Crippen LogP contribution in [0, 0.1) is 11.8 Å². The van der Waals surface area contributed by atoms with E-state index in [9.17, 15) is 9.90 Å². The number of hydrogen-bond acceptors (Lipinski definition) is 3. The van der Waals surface area contributed by atoms with Crippen molar-refractivity contribution < 1.29 is 9.90 Å². The molecule has 2 aliphatic heterocycles. The van der Waals surface area contributed by atoms with Crippen LogP contribution in [0.25, 0.3) is 0 Å². The first-order valence-electron chi connectivity index (χ1n) is 8.52. The predicted octanol–water partition coefficient (Wildman–Crippen LogP) is 3.48. The number of anilines is 1.